The molecule has 1 N–H and O–H groups in total. The standard InChI is InChI=1S/C36H27N3O6/c1-2-20-45-29-17-8-5-14-26(29)33(41)30-31(32(40)23-11-9-12-24(21-23)39(43)44)38-19-18-22-10-3-4-13-25(22)34(38)36(30)27-15-6-7-16-28(27)37-35(36)42/h2-19,21,30-31,34H,1,20H2,(H,37,42)/t30-,31-,34+,36+/m0/s1. The highest BCUT2D eigenvalue weighted by molar-refractivity contribution is 6.17. The van der Waals surface area contributed by atoms with Gasteiger partial charge in [-0.1, -0.05) is 79.4 Å². The van der Waals surface area contributed by atoms with Gasteiger partial charge in [0.15, 0.2) is 11.6 Å². The Kier molecular flexibility index (Phi) is 6.66. The number of nitro benzene ring substituents is 1. The third kappa shape index (κ3) is 4.11. The molecule has 45 heavy (non-hydrogen) atoms. The topological polar surface area (TPSA) is 119 Å². The average Bonchev–Trinajstić information content (AvgIpc) is 3.55. The second kappa shape index (κ2) is 10.7. The molecule has 4 atom stereocenters. The van der Waals surface area contributed by atoms with Crippen molar-refractivity contribution < 1.29 is 24.0 Å². The highest BCUT2D eigenvalue weighted by Gasteiger charge is 2.71. The van der Waals surface area contributed by atoms with E-state index in [0.717, 1.165) is 11.1 Å². The van der Waals surface area contributed by atoms with Gasteiger partial charge < -0.3 is 15.0 Å². The fraction of sp³-hybridized carbons (Fsp3) is 0.139. The Morgan fingerprint density at radius 2 is 1.73 bits per heavy atom. The summed E-state index contributed by atoms with van der Waals surface area (Å²) in [4.78, 5) is 57.4. The van der Waals surface area contributed by atoms with Gasteiger partial charge in [0.1, 0.15) is 23.8 Å². The Balaban J connectivity index is 1.52. The zero-order chi connectivity index (χ0) is 31.3. The number of fused-ring (bicyclic) bond motifs is 6. The minimum atomic E-state index is -1.54. The highest BCUT2D eigenvalue weighted by Crippen LogP contribution is 2.62. The van der Waals surface area contributed by atoms with Crippen molar-refractivity contribution in [2.45, 2.75) is 17.5 Å². The summed E-state index contributed by atoms with van der Waals surface area (Å²) in [5.74, 6) is -2.31. The van der Waals surface area contributed by atoms with E-state index in [-0.39, 0.29) is 23.4 Å². The second-order valence-corrected chi connectivity index (χ2v) is 11.2. The van der Waals surface area contributed by atoms with E-state index in [0.29, 0.717) is 17.0 Å². The molecule has 7 rings (SSSR count). The Morgan fingerprint density at radius 1 is 0.978 bits per heavy atom. The van der Waals surface area contributed by atoms with Gasteiger partial charge in [-0.15, -0.1) is 0 Å². The largest absolute Gasteiger partial charge is 0.489 e. The smallest absolute Gasteiger partial charge is 0.270 e. The summed E-state index contributed by atoms with van der Waals surface area (Å²) in [6.45, 7) is 3.85. The molecule has 4 aromatic carbocycles. The first kappa shape index (κ1) is 28.0. The van der Waals surface area contributed by atoms with Crippen LogP contribution in [0.5, 0.6) is 5.75 Å². The van der Waals surface area contributed by atoms with E-state index in [1.54, 1.807) is 53.6 Å². The van der Waals surface area contributed by atoms with E-state index in [2.05, 4.69) is 11.9 Å². The Morgan fingerprint density at radius 3 is 2.56 bits per heavy atom. The number of ketones is 2. The number of hydrogen-bond acceptors (Lipinski definition) is 7. The average molecular weight is 598 g/mol. The predicted octanol–water partition coefficient (Wildman–Crippen LogP) is 6.14. The van der Waals surface area contributed by atoms with Crippen LogP contribution in [-0.4, -0.2) is 39.9 Å². The molecule has 3 aliphatic heterocycles. The monoisotopic (exact) mass is 597 g/mol. The molecule has 0 unspecified atom stereocenters. The number of anilines is 1. The van der Waals surface area contributed by atoms with E-state index in [1.807, 2.05) is 42.5 Å². The molecule has 9 heteroatoms. The van der Waals surface area contributed by atoms with Crippen molar-refractivity contribution in [3.63, 3.8) is 0 Å². The number of nitro groups is 1. The van der Waals surface area contributed by atoms with E-state index in [9.17, 15) is 19.7 Å². The molecule has 0 radical (unpaired) electrons. The van der Waals surface area contributed by atoms with Gasteiger partial charge in [0, 0.05) is 29.6 Å². The van der Waals surface area contributed by atoms with Gasteiger partial charge in [-0.25, -0.2) is 0 Å². The number of benzene rings is 4. The molecule has 1 spiro atoms. The fourth-order valence-electron chi connectivity index (χ4n) is 7.22. The first-order valence-electron chi connectivity index (χ1n) is 14.5. The molecule has 3 heterocycles. The van der Waals surface area contributed by atoms with Crippen LogP contribution in [0, 0.1) is 16.0 Å². The summed E-state index contributed by atoms with van der Waals surface area (Å²) >= 11 is 0. The van der Waals surface area contributed by atoms with Gasteiger partial charge in [-0.2, -0.15) is 0 Å². The minimum Gasteiger partial charge on any atom is -0.489 e. The fourth-order valence-corrected chi connectivity index (χ4v) is 7.22. The third-order valence-corrected chi connectivity index (χ3v) is 8.97. The normalized spacial score (nSPS) is 22.3. The molecule has 0 bridgehead atoms. The first-order valence-corrected chi connectivity index (χ1v) is 14.5. The summed E-state index contributed by atoms with van der Waals surface area (Å²) in [5.41, 5.74) is 1.31. The van der Waals surface area contributed by atoms with E-state index in [4.69, 9.17) is 4.74 Å². The summed E-state index contributed by atoms with van der Waals surface area (Å²) < 4.78 is 5.88. The number of rotatable bonds is 8. The molecule has 0 saturated carbocycles. The maximum atomic E-state index is 15.1. The lowest BCUT2D eigenvalue weighted by atomic mass is 9.62. The molecular formula is C36H27N3O6. The van der Waals surface area contributed by atoms with Crippen molar-refractivity contribution in [3.8, 4) is 5.75 Å². The lowest BCUT2D eigenvalue weighted by Gasteiger charge is -2.38. The van der Waals surface area contributed by atoms with Crippen LogP contribution in [0.15, 0.2) is 116 Å². The van der Waals surface area contributed by atoms with Gasteiger partial charge in [-0.05, 0) is 41.0 Å². The van der Waals surface area contributed by atoms with Gasteiger partial charge in [0.2, 0.25) is 5.91 Å². The zero-order valence-corrected chi connectivity index (χ0v) is 24.0. The molecule has 0 aromatic heterocycles. The number of non-ortho nitro benzene ring substituents is 1. The lowest BCUT2D eigenvalue weighted by Crippen LogP contribution is -2.49. The molecule has 1 fully saturated rings. The number of hydrogen-bond donors (Lipinski definition) is 1. The number of Topliss-reactive ketones (excluding diaryl/α,β-unsaturated/α-hetero) is 2. The lowest BCUT2D eigenvalue weighted by molar-refractivity contribution is -0.384. The first-order chi connectivity index (χ1) is 21.9. The van der Waals surface area contributed by atoms with Gasteiger partial charge >= 0.3 is 0 Å². The number of carbonyl (C=O) groups is 3. The van der Waals surface area contributed by atoms with Gasteiger partial charge in [0.25, 0.3) is 5.69 Å². The van der Waals surface area contributed by atoms with Crippen LogP contribution in [0.1, 0.15) is 43.4 Å². The number of ether oxygens (including phenoxy) is 1. The zero-order valence-electron chi connectivity index (χ0n) is 24.0. The Bertz CT molecular complexity index is 1950. The highest BCUT2D eigenvalue weighted by atomic mass is 16.6. The van der Waals surface area contributed by atoms with Crippen LogP contribution in [0.2, 0.25) is 0 Å². The van der Waals surface area contributed by atoms with E-state index < -0.39 is 45.8 Å². The quantitative estimate of drug-likeness (QED) is 0.112. The van der Waals surface area contributed by atoms with Gasteiger partial charge in [-0.3, -0.25) is 24.5 Å². The van der Waals surface area contributed by atoms with Crippen molar-refractivity contribution in [3.05, 3.63) is 154 Å². The van der Waals surface area contributed by atoms with Crippen molar-refractivity contribution in [2.75, 3.05) is 11.9 Å². The van der Waals surface area contributed by atoms with Crippen LogP contribution in [0.3, 0.4) is 0 Å². The van der Waals surface area contributed by atoms with E-state index >= 15 is 4.79 Å². The number of carbonyl (C=O) groups excluding carboxylic acids is 3. The maximum Gasteiger partial charge on any atom is 0.270 e. The third-order valence-electron chi connectivity index (χ3n) is 8.97. The van der Waals surface area contributed by atoms with Crippen molar-refractivity contribution in [1.82, 2.24) is 4.90 Å². The van der Waals surface area contributed by atoms with Crippen LogP contribution in [-0.2, 0) is 10.2 Å². The molecule has 0 aliphatic carbocycles. The Labute approximate surface area is 258 Å². The number of amides is 1. The van der Waals surface area contributed by atoms with Crippen molar-refractivity contribution >= 4 is 34.9 Å². The van der Waals surface area contributed by atoms with Crippen molar-refractivity contribution in [1.29, 1.82) is 0 Å². The molecule has 9 nitrogen and oxygen atoms in total. The minimum absolute atomic E-state index is 0.0675. The molecule has 1 amide bonds. The molecular weight excluding hydrogens is 570 g/mol. The van der Waals surface area contributed by atoms with Crippen LogP contribution in [0.25, 0.3) is 6.08 Å². The molecule has 3 aliphatic rings. The predicted molar refractivity (Wildman–Crippen MR) is 168 cm³/mol. The maximum absolute atomic E-state index is 15.1. The summed E-state index contributed by atoms with van der Waals surface area (Å²) in [7, 11) is 0. The number of nitrogens with one attached hydrogen (secondary N) is 1. The van der Waals surface area contributed by atoms with E-state index in [1.165, 1.54) is 24.3 Å². The second-order valence-electron chi connectivity index (χ2n) is 11.2. The van der Waals surface area contributed by atoms with Crippen LogP contribution >= 0.6 is 0 Å². The number of para-hydroxylation sites is 2. The number of nitrogens with zero attached hydrogens (tertiary/aromatic N) is 2. The Hall–Kier alpha value is -5.83. The summed E-state index contributed by atoms with van der Waals surface area (Å²) in [6.07, 6.45) is 5.19. The molecule has 1 saturated heterocycles. The molecule has 222 valence electrons. The summed E-state index contributed by atoms with van der Waals surface area (Å²) in [5, 5.41) is 14.7. The van der Waals surface area contributed by atoms with Gasteiger partial charge in [0.05, 0.1) is 22.4 Å². The van der Waals surface area contributed by atoms with Crippen LogP contribution < -0.4 is 10.1 Å². The molecule has 4 aromatic rings. The SMILES string of the molecule is C=CCOc1ccccc1C(=O)[C@@H]1[C@@H](C(=O)c2cccc([N+](=O)[O-])c2)N2C=Cc3ccccc3[C@@H]2[C@]12C(=O)Nc1ccccc12. The van der Waals surface area contributed by atoms with Crippen molar-refractivity contribution in [2.24, 2.45) is 5.92 Å². The van der Waals surface area contributed by atoms with Crippen LogP contribution in [0.4, 0.5) is 11.4 Å². The summed E-state index contributed by atoms with van der Waals surface area (Å²) in [6, 6.07) is 25.1.